The van der Waals surface area contributed by atoms with Gasteiger partial charge in [0, 0.05) is 6.54 Å². The van der Waals surface area contributed by atoms with Crippen LogP contribution in [0.1, 0.15) is 12.0 Å². The van der Waals surface area contributed by atoms with Crippen molar-refractivity contribution in [1.82, 2.24) is 10.7 Å². The first kappa shape index (κ1) is 19.6. The quantitative estimate of drug-likeness (QED) is 0.348. The van der Waals surface area contributed by atoms with Crippen molar-refractivity contribution in [3.8, 4) is 0 Å². The van der Waals surface area contributed by atoms with Gasteiger partial charge in [-0.1, -0.05) is 42.5 Å². The Morgan fingerprint density at radius 1 is 1.19 bits per heavy atom. The standard InChI is InChI=1S/C18H16F3N3OS/c1-2-9-22-17(26)24-23-15(11-16(25)18(19,20)21)14-8-7-12-5-3-4-6-13(12)10-14/h2-8,10H,1,9,11H2,(H2,22,24,26)/b23-15+. The summed E-state index contributed by atoms with van der Waals surface area (Å²) in [6, 6.07) is 12.4. The Morgan fingerprint density at radius 2 is 1.88 bits per heavy atom. The molecule has 0 aliphatic rings. The third-order valence-electron chi connectivity index (χ3n) is 3.43. The van der Waals surface area contributed by atoms with E-state index >= 15 is 0 Å². The summed E-state index contributed by atoms with van der Waals surface area (Å²) < 4.78 is 38.0. The Bertz CT molecular complexity index is 862. The molecule has 0 spiro atoms. The van der Waals surface area contributed by atoms with Crippen LogP contribution in [-0.4, -0.2) is 29.3 Å². The van der Waals surface area contributed by atoms with Crippen LogP contribution in [0.3, 0.4) is 0 Å². The number of alkyl halides is 3. The molecular weight excluding hydrogens is 363 g/mol. The summed E-state index contributed by atoms with van der Waals surface area (Å²) in [6.07, 6.45) is -4.26. The minimum Gasteiger partial charge on any atom is -0.358 e. The lowest BCUT2D eigenvalue weighted by Crippen LogP contribution is -2.33. The monoisotopic (exact) mass is 379 g/mol. The lowest BCUT2D eigenvalue weighted by molar-refractivity contribution is -0.169. The van der Waals surface area contributed by atoms with Gasteiger partial charge >= 0.3 is 6.18 Å². The predicted molar refractivity (Wildman–Crippen MR) is 100 cm³/mol. The number of ketones is 1. The molecule has 2 N–H and O–H groups in total. The zero-order valence-electron chi connectivity index (χ0n) is 13.6. The van der Waals surface area contributed by atoms with Crippen molar-refractivity contribution in [2.24, 2.45) is 5.10 Å². The first-order chi connectivity index (χ1) is 12.3. The van der Waals surface area contributed by atoms with E-state index in [-0.39, 0.29) is 10.8 Å². The van der Waals surface area contributed by atoms with Gasteiger partial charge in [0.2, 0.25) is 5.78 Å². The van der Waals surface area contributed by atoms with Gasteiger partial charge in [-0.3, -0.25) is 10.2 Å². The van der Waals surface area contributed by atoms with Gasteiger partial charge < -0.3 is 5.32 Å². The van der Waals surface area contributed by atoms with E-state index in [1.165, 1.54) is 0 Å². The maximum absolute atomic E-state index is 12.7. The minimum absolute atomic E-state index is 0.0548. The van der Waals surface area contributed by atoms with Crippen LogP contribution in [0.15, 0.2) is 60.2 Å². The summed E-state index contributed by atoms with van der Waals surface area (Å²) in [7, 11) is 0. The van der Waals surface area contributed by atoms with Gasteiger partial charge in [-0.05, 0) is 34.6 Å². The summed E-state index contributed by atoms with van der Waals surface area (Å²) in [5.74, 6) is -1.88. The van der Waals surface area contributed by atoms with Crippen molar-refractivity contribution < 1.29 is 18.0 Å². The highest BCUT2D eigenvalue weighted by molar-refractivity contribution is 7.80. The number of nitrogens with zero attached hydrogens (tertiary/aromatic N) is 1. The van der Waals surface area contributed by atoms with Crippen molar-refractivity contribution in [3.05, 3.63) is 60.7 Å². The molecule has 0 saturated heterocycles. The van der Waals surface area contributed by atoms with E-state index in [0.717, 1.165) is 10.8 Å². The van der Waals surface area contributed by atoms with Crippen LogP contribution in [0.2, 0.25) is 0 Å². The normalized spacial score (nSPS) is 11.9. The number of hydrogen-bond donors (Lipinski definition) is 2. The second-order valence-corrected chi connectivity index (χ2v) is 5.74. The molecule has 0 heterocycles. The molecule has 0 bridgehead atoms. The van der Waals surface area contributed by atoms with Crippen molar-refractivity contribution in [2.45, 2.75) is 12.6 Å². The third-order valence-corrected chi connectivity index (χ3v) is 3.66. The first-order valence-electron chi connectivity index (χ1n) is 7.61. The SMILES string of the molecule is C=CCNC(=S)N/N=C(\CC(=O)C(F)(F)F)c1ccc2ccccc2c1. The van der Waals surface area contributed by atoms with Crippen LogP contribution in [0.4, 0.5) is 13.2 Å². The van der Waals surface area contributed by atoms with Crippen molar-refractivity contribution in [3.63, 3.8) is 0 Å². The molecule has 0 amide bonds. The maximum Gasteiger partial charge on any atom is 0.450 e. The average Bonchev–Trinajstić information content (AvgIpc) is 2.61. The van der Waals surface area contributed by atoms with Crippen LogP contribution in [0, 0.1) is 0 Å². The number of Topliss-reactive ketones (excluding diaryl/α,β-unsaturated/α-hetero) is 1. The van der Waals surface area contributed by atoms with Crippen molar-refractivity contribution in [1.29, 1.82) is 0 Å². The molecule has 2 rings (SSSR count). The molecule has 4 nitrogen and oxygen atoms in total. The van der Waals surface area contributed by atoms with Gasteiger partial charge in [0.25, 0.3) is 0 Å². The molecular formula is C18H16F3N3OS. The smallest absolute Gasteiger partial charge is 0.358 e. The van der Waals surface area contributed by atoms with E-state index in [1.54, 1.807) is 24.3 Å². The number of benzene rings is 2. The van der Waals surface area contributed by atoms with Crippen LogP contribution < -0.4 is 10.7 Å². The van der Waals surface area contributed by atoms with E-state index < -0.39 is 18.4 Å². The van der Waals surface area contributed by atoms with Gasteiger partial charge in [0.05, 0.1) is 12.1 Å². The highest BCUT2D eigenvalue weighted by atomic mass is 32.1. The van der Waals surface area contributed by atoms with Gasteiger partial charge in [-0.2, -0.15) is 18.3 Å². The molecule has 2 aromatic carbocycles. The zero-order chi connectivity index (χ0) is 19.2. The zero-order valence-corrected chi connectivity index (χ0v) is 14.5. The maximum atomic E-state index is 12.7. The minimum atomic E-state index is -4.93. The second-order valence-electron chi connectivity index (χ2n) is 5.33. The number of nitrogens with one attached hydrogen (secondary N) is 2. The molecule has 8 heteroatoms. The van der Waals surface area contributed by atoms with Crippen LogP contribution >= 0.6 is 12.2 Å². The van der Waals surface area contributed by atoms with Gasteiger partial charge in [0.15, 0.2) is 5.11 Å². The molecule has 0 fully saturated rings. The van der Waals surface area contributed by atoms with E-state index in [2.05, 4.69) is 22.4 Å². The number of halogens is 3. The number of carbonyl (C=O) groups excluding carboxylic acids is 1. The Balaban J connectivity index is 2.32. The molecule has 2 aromatic rings. The number of fused-ring (bicyclic) bond motifs is 1. The lowest BCUT2D eigenvalue weighted by Gasteiger charge is -2.11. The topological polar surface area (TPSA) is 53.5 Å². The average molecular weight is 379 g/mol. The Morgan fingerprint density at radius 3 is 2.54 bits per heavy atom. The summed E-state index contributed by atoms with van der Waals surface area (Å²) in [5, 5.41) is 8.52. The van der Waals surface area contributed by atoms with E-state index in [4.69, 9.17) is 12.2 Å². The molecule has 0 aliphatic heterocycles. The fourth-order valence-electron chi connectivity index (χ4n) is 2.15. The number of hydrogen-bond acceptors (Lipinski definition) is 3. The molecule has 0 unspecified atom stereocenters. The highest BCUT2D eigenvalue weighted by Crippen LogP contribution is 2.21. The fourth-order valence-corrected chi connectivity index (χ4v) is 2.28. The summed E-state index contributed by atoms with van der Waals surface area (Å²) >= 11 is 4.97. The third kappa shape index (κ3) is 5.38. The Labute approximate surface area is 153 Å². The van der Waals surface area contributed by atoms with Crippen LogP contribution in [0.5, 0.6) is 0 Å². The highest BCUT2D eigenvalue weighted by Gasteiger charge is 2.38. The molecule has 0 aliphatic carbocycles. The molecule has 0 aromatic heterocycles. The Kier molecular flexibility index (Phi) is 6.46. The molecule has 26 heavy (non-hydrogen) atoms. The van der Waals surface area contributed by atoms with Crippen molar-refractivity contribution >= 4 is 39.6 Å². The Hall–Kier alpha value is -2.74. The number of hydrazone groups is 1. The van der Waals surface area contributed by atoms with Crippen LogP contribution in [-0.2, 0) is 4.79 Å². The predicted octanol–water partition coefficient (Wildman–Crippen LogP) is 3.72. The van der Waals surface area contributed by atoms with E-state index in [1.807, 2.05) is 24.3 Å². The number of thiocarbonyl (C=S) groups is 1. The lowest BCUT2D eigenvalue weighted by atomic mass is 10.0. The number of rotatable bonds is 6. The molecule has 0 atom stereocenters. The van der Waals surface area contributed by atoms with Gasteiger partial charge in [-0.15, -0.1) is 6.58 Å². The number of carbonyl (C=O) groups is 1. The summed E-state index contributed by atoms with van der Waals surface area (Å²) in [4.78, 5) is 11.4. The van der Waals surface area contributed by atoms with Crippen molar-refractivity contribution in [2.75, 3.05) is 6.54 Å². The largest absolute Gasteiger partial charge is 0.450 e. The van der Waals surface area contributed by atoms with Crippen LogP contribution in [0.25, 0.3) is 10.8 Å². The second kappa shape index (κ2) is 8.57. The first-order valence-corrected chi connectivity index (χ1v) is 8.02. The molecule has 0 saturated carbocycles. The van der Waals surface area contributed by atoms with E-state index in [9.17, 15) is 18.0 Å². The van der Waals surface area contributed by atoms with E-state index in [0.29, 0.717) is 12.1 Å². The summed E-state index contributed by atoms with van der Waals surface area (Å²) in [6.45, 7) is 3.88. The summed E-state index contributed by atoms with van der Waals surface area (Å²) in [5.41, 5.74) is 2.81. The van der Waals surface area contributed by atoms with Gasteiger partial charge in [0.1, 0.15) is 0 Å². The molecule has 0 radical (unpaired) electrons. The van der Waals surface area contributed by atoms with Gasteiger partial charge in [-0.25, -0.2) is 0 Å². The molecule has 136 valence electrons. The fraction of sp³-hybridized carbons (Fsp3) is 0.167.